The third kappa shape index (κ3) is 4.59. The van der Waals surface area contributed by atoms with Gasteiger partial charge in [0.25, 0.3) is 5.91 Å². The van der Waals surface area contributed by atoms with Crippen LogP contribution in [0.15, 0.2) is 51.8 Å². The number of rotatable bonds is 6. The zero-order chi connectivity index (χ0) is 20.3. The summed E-state index contributed by atoms with van der Waals surface area (Å²) in [7, 11) is 1.61. The van der Waals surface area contributed by atoms with Crippen molar-refractivity contribution in [1.29, 1.82) is 0 Å². The van der Waals surface area contributed by atoms with E-state index in [1.54, 1.807) is 12.0 Å². The number of halogens is 1. The van der Waals surface area contributed by atoms with E-state index in [1.165, 1.54) is 11.8 Å². The first kappa shape index (κ1) is 20.9. The Kier molecular flexibility index (Phi) is 6.80. The maximum absolute atomic E-state index is 12.9. The molecule has 0 spiro atoms. The molecule has 2 aromatic carbocycles. The molecule has 0 N–H and O–H groups in total. The lowest BCUT2D eigenvalue weighted by atomic mass is 10.1. The zero-order valence-corrected chi connectivity index (χ0v) is 19.0. The van der Waals surface area contributed by atoms with Crippen LogP contribution in [0.4, 0.5) is 5.69 Å². The van der Waals surface area contributed by atoms with E-state index in [2.05, 4.69) is 22.9 Å². The van der Waals surface area contributed by atoms with Gasteiger partial charge >= 0.3 is 0 Å². The third-order valence-corrected chi connectivity index (χ3v) is 6.04. The smallest absolute Gasteiger partial charge is 0.270 e. The summed E-state index contributed by atoms with van der Waals surface area (Å²) in [5.41, 5.74) is 1.60. The van der Waals surface area contributed by atoms with Crippen LogP contribution in [0.2, 0.25) is 0 Å². The van der Waals surface area contributed by atoms with Gasteiger partial charge < -0.3 is 9.47 Å². The van der Waals surface area contributed by atoms with Gasteiger partial charge in [-0.1, -0.05) is 59.0 Å². The number of hydrogen-bond acceptors (Lipinski definition) is 5. The monoisotopic (exact) mass is 477 g/mol. The highest BCUT2D eigenvalue weighted by Gasteiger charge is 2.33. The second-order valence-electron chi connectivity index (χ2n) is 6.24. The van der Waals surface area contributed by atoms with Gasteiger partial charge in [-0.25, -0.2) is 0 Å². The van der Waals surface area contributed by atoms with Crippen LogP contribution in [-0.2, 0) is 4.79 Å². The number of anilines is 1. The second kappa shape index (κ2) is 9.11. The van der Waals surface area contributed by atoms with Crippen molar-refractivity contribution in [2.75, 3.05) is 12.0 Å². The van der Waals surface area contributed by atoms with Gasteiger partial charge in [-0.2, -0.15) is 0 Å². The number of thiocarbonyl (C=S) groups is 1. The predicted molar refractivity (Wildman–Crippen MR) is 123 cm³/mol. The van der Waals surface area contributed by atoms with Gasteiger partial charge in [-0.3, -0.25) is 9.69 Å². The van der Waals surface area contributed by atoms with E-state index in [9.17, 15) is 4.79 Å². The number of carbonyl (C=O) groups excluding carboxylic acids is 1. The average molecular weight is 478 g/mol. The minimum absolute atomic E-state index is 0.0983. The fourth-order valence-corrected chi connectivity index (χ4v) is 4.31. The Morgan fingerprint density at radius 2 is 2.04 bits per heavy atom. The summed E-state index contributed by atoms with van der Waals surface area (Å²) in [6.07, 6.45) is 2.83. The lowest BCUT2D eigenvalue weighted by molar-refractivity contribution is -0.113. The van der Waals surface area contributed by atoms with Crippen LogP contribution in [0, 0.1) is 0 Å². The molecular weight excluding hydrogens is 458 g/mol. The number of benzene rings is 2. The minimum Gasteiger partial charge on any atom is -0.493 e. The van der Waals surface area contributed by atoms with Crippen LogP contribution in [-0.4, -0.2) is 23.4 Å². The molecule has 0 unspecified atom stereocenters. The molecule has 28 heavy (non-hydrogen) atoms. The molecule has 7 heteroatoms. The highest BCUT2D eigenvalue weighted by molar-refractivity contribution is 9.10. The van der Waals surface area contributed by atoms with Crippen molar-refractivity contribution in [1.82, 2.24) is 0 Å². The van der Waals surface area contributed by atoms with Gasteiger partial charge in [-0.15, -0.1) is 0 Å². The molecule has 1 heterocycles. The third-order valence-electron chi connectivity index (χ3n) is 4.25. The standard InChI is InChI=1S/C21H20BrNO3S2/c1-4-13(2)26-17-9-8-14(10-18(17)25-3)11-19-20(24)23(21(27)28-19)16-7-5-6-15(22)12-16/h5-13H,4H2,1-3H3/b19-11-/t13-/m1/s1. The maximum atomic E-state index is 12.9. The highest BCUT2D eigenvalue weighted by Crippen LogP contribution is 2.38. The summed E-state index contributed by atoms with van der Waals surface area (Å²) in [5, 5.41) is 0. The van der Waals surface area contributed by atoms with E-state index >= 15 is 0 Å². The summed E-state index contributed by atoms with van der Waals surface area (Å²) in [6, 6.07) is 13.2. The van der Waals surface area contributed by atoms with Gasteiger partial charge in [0, 0.05) is 4.47 Å². The SMILES string of the molecule is CC[C@@H](C)Oc1ccc(/C=C2\SC(=S)N(c3cccc(Br)c3)C2=O)cc1OC. The zero-order valence-electron chi connectivity index (χ0n) is 15.8. The van der Waals surface area contributed by atoms with E-state index < -0.39 is 0 Å². The fraction of sp³-hybridized carbons (Fsp3) is 0.238. The van der Waals surface area contributed by atoms with Crippen molar-refractivity contribution in [3.8, 4) is 11.5 Å². The largest absolute Gasteiger partial charge is 0.493 e. The maximum Gasteiger partial charge on any atom is 0.270 e. The quantitative estimate of drug-likeness (QED) is 0.374. The van der Waals surface area contributed by atoms with Crippen LogP contribution < -0.4 is 14.4 Å². The summed E-state index contributed by atoms with van der Waals surface area (Å²) < 4.78 is 12.7. The number of amides is 1. The first-order valence-corrected chi connectivity index (χ1v) is 10.8. The van der Waals surface area contributed by atoms with Gasteiger partial charge in [0.2, 0.25) is 0 Å². The normalized spacial score (nSPS) is 16.6. The molecule has 1 aliphatic heterocycles. The highest BCUT2D eigenvalue weighted by atomic mass is 79.9. The van der Waals surface area contributed by atoms with E-state index in [-0.39, 0.29) is 12.0 Å². The topological polar surface area (TPSA) is 38.8 Å². The predicted octanol–water partition coefficient (Wildman–Crippen LogP) is 6.04. The molecule has 1 atom stereocenters. The molecule has 1 saturated heterocycles. The summed E-state index contributed by atoms with van der Waals surface area (Å²) in [4.78, 5) is 15.0. The van der Waals surface area contributed by atoms with E-state index in [1.807, 2.05) is 55.5 Å². The van der Waals surface area contributed by atoms with Crippen LogP contribution in [0.5, 0.6) is 11.5 Å². The summed E-state index contributed by atoms with van der Waals surface area (Å²) >= 11 is 10.2. The van der Waals surface area contributed by atoms with Crippen molar-refractivity contribution in [2.24, 2.45) is 0 Å². The minimum atomic E-state index is -0.132. The Bertz CT molecular complexity index is 945. The molecule has 0 aliphatic carbocycles. The van der Waals surface area contributed by atoms with E-state index in [4.69, 9.17) is 21.7 Å². The first-order chi connectivity index (χ1) is 13.4. The van der Waals surface area contributed by atoms with E-state index in [0.29, 0.717) is 20.7 Å². The number of hydrogen-bond donors (Lipinski definition) is 0. The molecule has 146 valence electrons. The first-order valence-electron chi connectivity index (χ1n) is 8.81. The van der Waals surface area contributed by atoms with Crippen molar-refractivity contribution in [2.45, 2.75) is 26.4 Å². The van der Waals surface area contributed by atoms with Crippen molar-refractivity contribution < 1.29 is 14.3 Å². The van der Waals surface area contributed by atoms with Gasteiger partial charge in [0.15, 0.2) is 15.8 Å². The lowest BCUT2D eigenvalue weighted by Gasteiger charge is -2.16. The lowest BCUT2D eigenvalue weighted by Crippen LogP contribution is -2.27. The molecule has 1 fully saturated rings. The molecule has 3 rings (SSSR count). The van der Waals surface area contributed by atoms with Crippen LogP contribution in [0.3, 0.4) is 0 Å². The molecule has 0 saturated carbocycles. The molecule has 2 aromatic rings. The van der Waals surface area contributed by atoms with Gasteiger partial charge in [0.05, 0.1) is 23.8 Å². The van der Waals surface area contributed by atoms with Crippen molar-refractivity contribution >= 4 is 61.9 Å². The number of thioether (sulfide) groups is 1. The van der Waals surface area contributed by atoms with Gasteiger partial charge in [0.1, 0.15) is 0 Å². The Morgan fingerprint density at radius 3 is 2.71 bits per heavy atom. The number of ether oxygens (including phenoxy) is 2. The molecular formula is C21H20BrNO3S2. The van der Waals surface area contributed by atoms with E-state index in [0.717, 1.165) is 22.1 Å². The summed E-state index contributed by atoms with van der Waals surface area (Å²) in [6.45, 7) is 4.08. The second-order valence-corrected chi connectivity index (χ2v) is 8.84. The molecule has 1 aliphatic rings. The molecule has 4 nitrogen and oxygen atoms in total. The number of nitrogens with zero attached hydrogens (tertiary/aromatic N) is 1. The fourth-order valence-electron chi connectivity index (χ4n) is 2.63. The van der Waals surface area contributed by atoms with Crippen LogP contribution in [0.25, 0.3) is 6.08 Å². The van der Waals surface area contributed by atoms with Crippen molar-refractivity contribution in [3.05, 3.63) is 57.4 Å². The number of carbonyl (C=O) groups is 1. The average Bonchev–Trinajstić information content (AvgIpc) is 2.95. The summed E-state index contributed by atoms with van der Waals surface area (Å²) in [5.74, 6) is 1.19. The van der Waals surface area contributed by atoms with Crippen LogP contribution in [0.1, 0.15) is 25.8 Å². The van der Waals surface area contributed by atoms with Crippen LogP contribution >= 0.6 is 39.9 Å². The van der Waals surface area contributed by atoms with Gasteiger partial charge in [-0.05, 0) is 55.3 Å². The Labute approximate surface area is 183 Å². The Balaban J connectivity index is 1.87. The van der Waals surface area contributed by atoms with Crippen molar-refractivity contribution in [3.63, 3.8) is 0 Å². The number of methoxy groups -OCH3 is 1. The molecule has 1 amide bonds. The molecule has 0 radical (unpaired) electrons. The Morgan fingerprint density at radius 1 is 1.25 bits per heavy atom. The molecule has 0 aromatic heterocycles. The Hall–Kier alpha value is -1.83. The molecule has 0 bridgehead atoms.